The monoisotopic (exact) mass is 258 g/mol. The minimum Gasteiger partial charge on any atom is -0.330 e. The lowest BCUT2D eigenvalue weighted by Gasteiger charge is -2.37. The molecule has 0 saturated heterocycles. The molecule has 1 fully saturated rings. The van der Waals surface area contributed by atoms with Gasteiger partial charge in [0.15, 0.2) is 0 Å². The van der Waals surface area contributed by atoms with Gasteiger partial charge in [0.2, 0.25) is 0 Å². The Labute approximate surface area is 117 Å². The Hall–Kier alpha value is -0.860. The summed E-state index contributed by atoms with van der Waals surface area (Å²) in [7, 11) is 0. The summed E-state index contributed by atoms with van der Waals surface area (Å²) in [5.74, 6) is 0. The lowest BCUT2D eigenvalue weighted by Crippen LogP contribution is -2.40. The largest absolute Gasteiger partial charge is 0.330 e. The van der Waals surface area contributed by atoms with Gasteiger partial charge in [0.05, 0.1) is 0 Å². The van der Waals surface area contributed by atoms with Gasteiger partial charge < -0.3 is 5.73 Å². The van der Waals surface area contributed by atoms with E-state index >= 15 is 0 Å². The molecule has 104 valence electrons. The molecular formula is C17H26N2. The van der Waals surface area contributed by atoms with Gasteiger partial charge in [-0.1, -0.05) is 24.6 Å². The van der Waals surface area contributed by atoms with E-state index in [1.54, 1.807) is 11.1 Å². The molecule has 0 atom stereocenters. The summed E-state index contributed by atoms with van der Waals surface area (Å²) >= 11 is 0. The van der Waals surface area contributed by atoms with Crippen LogP contribution in [0, 0.1) is 0 Å². The summed E-state index contributed by atoms with van der Waals surface area (Å²) in [4.78, 5) is 2.66. The van der Waals surface area contributed by atoms with Crippen LogP contribution in [0.5, 0.6) is 0 Å². The highest BCUT2D eigenvalue weighted by atomic mass is 15.2. The predicted octanol–water partition coefficient (Wildman–Crippen LogP) is 2.88. The van der Waals surface area contributed by atoms with Crippen LogP contribution in [0.15, 0.2) is 18.2 Å². The molecular weight excluding hydrogens is 232 g/mol. The van der Waals surface area contributed by atoms with Gasteiger partial charge in [-0.3, -0.25) is 4.90 Å². The molecule has 0 amide bonds. The fraction of sp³-hybridized carbons (Fsp3) is 0.647. The number of aryl methyl sites for hydroxylation is 2. The SMILES string of the molecule is NCCCN(Cc1ccc2c(c1)CCC2)C1CCC1. The molecule has 0 unspecified atom stereocenters. The summed E-state index contributed by atoms with van der Waals surface area (Å²) in [5, 5.41) is 0. The molecule has 0 bridgehead atoms. The minimum atomic E-state index is 0.813. The maximum Gasteiger partial charge on any atom is 0.0236 e. The Morgan fingerprint density at radius 2 is 1.95 bits per heavy atom. The Balaban J connectivity index is 1.66. The van der Waals surface area contributed by atoms with Crippen LogP contribution in [-0.2, 0) is 19.4 Å². The Kier molecular flexibility index (Phi) is 4.19. The first-order valence-electron chi connectivity index (χ1n) is 7.91. The van der Waals surface area contributed by atoms with Crippen molar-refractivity contribution < 1.29 is 0 Å². The van der Waals surface area contributed by atoms with Gasteiger partial charge in [0.25, 0.3) is 0 Å². The van der Waals surface area contributed by atoms with Crippen LogP contribution in [0.4, 0.5) is 0 Å². The topological polar surface area (TPSA) is 29.3 Å². The third kappa shape index (κ3) is 3.01. The fourth-order valence-electron chi connectivity index (χ4n) is 3.39. The van der Waals surface area contributed by atoms with Crippen molar-refractivity contribution in [2.75, 3.05) is 13.1 Å². The Morgan fingerprint density at radius 1 is 1.11 bits per heavy atom. The van der Waals surface area contributed by atoms with Gasteiger partial charge in [-0.15, -0.1) is 0 Å². The fourth-order valence-corrected chi connectivity index (χ4v) is 3.39. The van der Waals surface area contributed by atoms with Gasteiger partial charge in [0, 0.05) is 12.6 Å². The van der Waals surface area contributed by atoms with Gasteiger partial charge >= 0.3 is 0 Å². The molecule has 2 aliphatic carbocycles. The molecule has 0 heterocycles. The summed E-state index contributed by atoms with van der Waals surface area (Å²) in [5.41, 5.74) is 10.4. The third-order valence-electron chi connectivity index (χ3n) is 4.79. The molecule has 0 radical (unpaired) electrons. The minimum absolute atomic E-state index is 0.813. The number of nitrogens with zero attached hydrogens (tertiary/aromatic N) is 1. The van der Waals surface area contributed by atoms with E-state index in [1.807, 2.05) is 0 Å². The van der Waals surface area contributed by atoms with Crippen LogP contribution in [0.1, 0.15) is 48.8 Å². The van der Waals surface area contributed by atoms with Crippen molar-refractivity contribution in [3.8, 4) is 0 Å². The van der Waals surface area contributed by atoms with Crippen molar-refractivity contribution in [3.63, 3.8) is 0 Å². The maximum absolute atomic E-state index is 5.68. The molecule has 19 heavy (non-hydrogen) atoms. The number of benzene rings is 1. The average molecular weight is 258 g/mol. The van der Waals surface area contributed by atoms with Gasteiger partial charge in [-0.2, -0.15) is 0 Å². The van der Waals surface area contributed by atoms with Crippen molar-refractivity contribution in [2.45, 2.75) is 57.5 Å². The number of rotatable bonds is 6. The molecule has 1 saturated carbocycles. The summed E-state index contributed by atoms with van der Waals surface area (Å²) in [6.07, 6.45) is 9.23. The van der Waals surface area contributed by atoms with Crippen molar-refractivity contribution in [1.29, 1.82) is 0 Å². The highest BCUT2D eigenvalue weighted by Crippen LogP contribution is 2.28. The van der Waals surface area contributed by atoms with E-state index in [0.717, 1.165) is 32.1 Å². The molecule has 2 N–H and O–H groups in total. The van der Waals surface area contributed by atoms with Crippen LogP contribution in [0.3, 0.4) is 0 Å². The standard InChI is InChI=1S/C17H26N2/c18-10-3-11-19(17-6-2-7-17)13-14-8-9-15-4-1-5-16(15)12-14/h8-9,12,17H,1-7,10-11,13,18H2. The van der Waals surface area contributed by atoms with E-state index in [-0.39, 0.29) is 0 Å². The highest BCUT2D eigenvalue weighted by molar-refractivity contribution is 5.35. The van der Waals surface area contributed by atoms with Crippen molar-refractivity contribution in [1.82, 2.24) is 4.90 Å². The summed E-state index contributed by atoms with van der Waals surface area (Å²) < 4.78 is 0. The Bertz CT molecular complexity index is 423. The van der Waals surface area contributed by atoms with Gasteiger partial charge in [0.1, 0.15) is 0 Å². The molecule has 1 aromatic rings. The second-order valence-electron chi connectivity index (χ2n) is 6.15. The maximum atomic E-state index is 5.68. The number of hydrogen-bond acceptors (Lipinski definition) is 2. The molecule has 2 aliphatic rings. The molecule has 0 spiro atoms. The van der Waals surface area contributed by atoms with Crippen molar-refractivity contribution in [3.05, 3.63) is 34.9 Å². The molecule has 3 rings (SSSR count). The lowest BCUT2D eigenvalue weighted by molar-refractivity contribution is 0.118. The molecule has 0 aromatic heterocycles. The number of fused-ring (bicyclic) bond motifs is 1. The zero-order valence-corrected chi connectivity index (χ0v) is 11.9. The van der Waals surface area contributed by atoms with E-state index in [9.17, 15) is 0 Å². The zero-order valence-electron chi connectivity index (χ0n) is 11.9. The Morgan fingerprint density at radius 3 is 2.68 bits per heavy atom. The van der Waals surface area contributed by atoms with E-state index in [1.165, 1.54) is 44.1 Å². The smallest absolute Gasteiger partial charge is 0.0236 e. The second kappa shape index (κ2) is 6.06. The van der Waals surface area contributed by atoms with Crippen LogP contribution in [0.2, 0.25) is 0 Å². The van der Waals surface area contributed by atoms with E-state index in [0.29, 0.717) is 0 Å². The lowest BCUT2D eigenvalue weighted by atomic mass is 9.91. The average Bonchev–Trinajstić information content (AvgIpc) is 2.81. The molecule has 2 nitrogen and oxygen atoms in total. The van der Waals surface area contributed by atoms with Crippen molar-refractivity contribution in [2.24, 2.45) is 5.73 Å². The summed E-state index contributed by atoms with van der Waals surface area (Å²) in [6, 6.07) is 7.98. The van der Waals surface area contributed by atoms with Crippen LogP contribution in [0.25, 0.3) is 0 Å². The van der Waals surface area contributed by atoms with E-state index in [2.05, 4.69) is 23.1 Å². The van der Waals surface area contributed by atoms with Crippen molar-refractivity contribution >= 4 is 0 Å². The highest BCUT2D eigenvalue weighted by Gasteiger charge is 2.24. The molecule has 2 heteroatoms. The van der Waals surface area contributed by atoms with E-state index in [4.69, 9.17) is 5.73 Å². The van der Waals surface area contributed by atoms with Crippen LogP contribution in [-0.4, -0.2) is 24.0 Å². The third-order valence-corrected chi connectivity index (χ3v) is 4.79. The van der Waals surface area contributed by atoms with Gasteiger partial charge in [-0.05, 0) is 68.3 Å². The summed E-state index contributed by atoms with van der Waals surface area (Å²) in [6.45, 7) is 3.10. The predicted molar refractivity (Wildman–Crippen MR) is 80.2 cm³/mol. The van der Waals surface area contributed by atoms with E-state index < -0.39 is 0 Å². The number of hydrogen-bond donors (Lipinski definition) is 1. The molecule has 1 aromatic carbocycles. The first-order valence-corrected chi connectivity index (χ1v) is 7.91. The zero-order chi connectivity index (χ0) is 13.1. The first kappa shape index (κ1) is 13.1. The van der Waals surface area contributed by atoms with Crippen LogP contribution < -0.4 is 5.73 Å². The second-order valence-corrected chi connectivity index (χ2v) is 6.15. The normalized spacial score (nSPS) is 18.6. The van der Waals surface area contributed by atoms with Gasteiger partial charge in [-0.25, -0.2) is 0 Å². The number of nitrogens with two attached hydrogens (primary N) is 1. The quantitative estimate of drug-likeness (QED) is 0.850. The van der Waals surface area contributed by atoms with Crippen LogP contribution >= 0.6 is 0 Å². The molecule has 0 aliphatic heterocycles. The first-order chi connectivity index (χ1) is 9.36.